The molecule has 0 fully saturated rings. The molecule has 0 saturated carbocycles. The standard InChI is InChI=1S/C17H20N2O4/c1-3-4-9-23-19-11(2)15-16(21)14(18-17(15)22)10-12-5-7-13(20)8-6-12/h5-8,10,20-21H,3-4,9H2,1-2H3,(H,18,22)/b14-10-,19-11+. The van der Waals surface area contributed by atoms with Gasteiger partial charge in [0.1, 0.15) is 17.9 Å². The third-order valence-electron chi connectivity index (χ3n) is 3.32. The van der Waals surface area contributed by atoms with Gasteiger partial charge in [-0.2, -0.15) is 0 Å². The van der Waals surface area contributed by atoms with Gasteiger partial charge in [0.25, 0.3) is 5.91 Å². The number of aliphatic hydroxyl groups excluding tert-OH is 1. The number of hydrogen-bond acceptors (Lipinski definition) is 5. The van der Waals surface area contributed by atoms with E-state index in [1.165, 1.54) is 12.1 Å². The van der Waals surface area contributed by atoms with Crippen molar-refractivity contribution in [2.45, 2.75) is 26.7 Å². The van der Waals surface area contributed by atoms with E-state index in [2.05, 4.69) is 10.5 Å². The number of benzene rings is 1. The molecule has 23 heavy (non-hydrogen) atoms. The Hall–Kier alpha value is -2.76. The van der Waals surface area contributed by atoms with Gasteiger partial charge in [0.15, 0.2) is 5.76 Å². The van der Waals surface area contributed by atoms with Gasteiger partial charge in [-0.05, 0) is 37.1 Å². The minimum absolute atomic E-state index is 0.103. The molecule has 1 aromatic rings. The fourth-order valence-corrected chi connectivity index (χ4v) is 2.06. The van der Waals surface area contributed by atoms with Crippen molar-refractivity contribution >= 4 is 17.7 Å². The number of nitrogens with one attached hydrogen (secondary N) is 1. The smallest absolute Gasteiger partial charge is 0.261 e. The van der Waals surface area contributed by atoms with Crippen LogP contribution in [0.4, 0.5) is 0 Å². The first kappa shape index (κ1) is 16.6. The molecule has 0 radical (unpaired) electrons. The molecule has 0 bridgehead atoms. The molecule has 1 amide bonds. The van der Waals surface area contributed by atoms with E-state index in [4.69, 9.17) is 4.84 Å². The Bertz CT molecular complexity index is 672. The summed E-state index contributed by atoms with van der Waals surface area (Å²) in [5, 5.41) is 26.0. The Kier molecular flexibility index (Phi) is 5.41. The second-order valence-electron chi connectivity index (χ2n) is 5.19. The van der Waals surface area contributed by atoms with Gasteiger partial charge in [-0.15, -0.1) is 0 Å². The monoisotopic (exact) mass is 316 g/mol. The van der Waals surface area contributed by atoms with Gasteiger partial charge >= 0.3 is 0 Å². The normalized spacial score (nSPS) is 16.9. The van der Waals surface area contributed by atoms with Crippen molar-refractivity contribution in [3.8, 4) is 5.75 Å². The summed E-state index contributed by atoms with van der Waals surface area (Å²) in [7, 11) is 0. The molecular weight excluding hydrogens is 296 g/mol. The summed E-state index contributed by atoms with van der Waals surface area (Å²) >= 11 is 0. The number of aromatic hydroxyl groups is 1. The van der Waals surface area contributed by atoms with Crippen LogP contribution in [0, 0.1) is 0 Å². The molecule has 2 rings (SSSR count). The van der Waals surface area contributed by atoms with E-state index in [1.54, 1.807) is 25.1 Å². The fourth-order valence-electron chi connectivity index (χ4n) is 2.06. The Balaban J connectivity index is 2.20. The lowest BCUT2D eigenvalue weighted by atomic mass is 10.1. The van der Waals surface area contributed by atoms with Crippen molar-refractivity contribution in [1.82, 2.24) is 5.32 Å². The second-order valence-corrected chi connectivity index (χ2v) is 5.19. The zero-order valence-corrected chi connectivity index (χ0v) is 13.2. The lowest BCUT2D eigenvalue weighted by Crippen LogP contribution is -2.19. The van der Waals surface area contributed by atoms with E-state index >= 15 is 0 Å². The van der Waals surface area contributed by atoms with Crippen LogP contribution in [0.2, 0.25) is 0 Å². The van der Waals surface area contributed by atoms with Crippen molar-refractivity contribution < 1.29 is 19.8 Å². The summed E-state index contributed by atoms with van der Waals surface area (Å²) in [5.74, 6) is -0.438. The topological polar surface area (TPSA) is 91.2 Å². The number of oxime groups is 1. The van der Waals surface area contributed by atoms with E-state index in [1.807, 2.05) is 6.92 Å². The van der Waals surface area contributed by atoms with Gasteiger partial charge in [-0.25, -0.2) is 0 Å². The van der Waals surface area contributed by atoms with Gasteiger partial charge in [-0.3, -0.25) is 4.79 Å². The number of rotatable bonds is 6. The first-order valence-electron chi connectivity index (χ1n) is 7.45. The number of unbranched alkanes of at least 4 members (excludes halogenated alkanes) is 1. The average molecular weight is 316 g/mol. The van der Waals surface area contributed by atoms with Gasteiger partial charge < -0.3 is 20.4 Å². The summed E-state index contributed by atoms with van der Waals surface area (Å²) in [6, 6.07) is 6.40. The molecule has 0 spiro atoms. The molecular formula is C17H20N2O4. The van der Waals surface area contributed by atoms with E-state index in [9.17, 15) is 15.0 Å². The lowest BCUT2D eigenvalue weighted by molar-refractivity contribution is -0.115. The van der Waals surface area contributed by atoms with Crippen molar-refractivity contribution in [3.05, 3.63) is 46.9 Å². The van der Waals surface area contributed by atoms with Crippen LogP contribution in [-0.2, 0) is 9.63 Å². The van der Waals surface area contributed by atoms with Crippen molar-refractivity contribution in [1.29, 1.82) is 0 Å². The Morgan fingerprint density at radius 2 is 2.00 bits per heavy atom. The average Bonchev–Trinajstić information content (AvgIpc) is 2.80. The van der Waals surface area contributed by atoms with Crippen LogP contribution in [0.3, 0.4) is 0 Å². The highest BCUT2D eigenvalue weighted by atomic mass is 16.6. The highest BCUT2D eigenvalue weighted by molar-refractivity contribution is 6.24. The van der Waals surface area contributed by atoms with Crippen LogP contribution in [0.25, 0.3) is 6.08 Å². The third kappa shape index (κ3) is 4.12. The van der Waals surface area contributed by atoms with Gasteiger partial charge in [0, 0.05) is 0 Å². The number of hydrogen-bond donors (Lipinski definition) is 3. The fraction of sp³-hybridized carbons (Fsp3) is 0.294. The molecule has 0 atom stereocenters. The molecule has 0 aliphatic carbocycles. The number of phenols is 1. The molecule has 6 nitrogen and oxygen atoms in total. The number of aliphatic hydroxyl groups is 1. The maximum Gasteiger partial charge on any atom is 0.261 e. The Morgan fingerprint density at radius 3 is 2.65 bits per heavy atom. The van der Waals surface area contributed by atoms with Gasteiger partial charge in [-0.1, -0.05) is 30.6 Å². The van der Waals surface area contributed by atoms with Crippen molar-refractivity contribution in [2.24, 2.45) is 5.16 Å². The molecule has 0 saturated heterocycles. The molecule has 0 aromatic heterocycles. The van der Waals surface area contributed by atoms with E-state index in [0.717, 1.165) is 18.4 Å². The third-order valence-corrected chi connectivity index (χ3v) is 3.32. The maximum atomic E-state index is 12.0. The summed E-state index contributed by atoms with van der Waals surface area (Å²) in [4.78, 5) is 17.2. The number of carbonyl (C=O) groups is 1. The molecule has 6 heteroatoms. The predicted octanol–water partition coefficient (Wildman–Crippen LogP) is 2.87. The van der Waals surface area contributed by atoms with Crippen molar-refractivity contribution in [2.75, 3.05) is 6.61 Å². The van der Waals surface area contributed by atoms with Gasteiger partial charge in [0.2, 0.25) is 0 Å². The molecule has 1 aromatic carbocycles. The summed E-state index contributed by atoms with van der Waals surface area (Å²) in [5.41, 5.74) is 1.45. The summed E-state index contributed by atoms with van der Waals surface area (Å²) in [6.07, 6.45) is 3.48. The van der Waals surface area contributed by atoms with Crippen LogP contribution in [-0.4, -0.2) is 28.4 Å². The molecule has 1 heterocycles. The molecule has 0 unspecified atom stereocenters. The number of nitrogens with zero attached hydrogens (tertiary/aromatic N) is 1. The van der Waals surface area contributed by atoms with Crippen LogP contribution >= 0.6 is 0 Å². The minimum Gasteiger partial charge on any atom is -0.508 e. The van der Waals surface area contributed by atoms with Crippen LogP contribution < -0.4 is 5.32 Å². The molecule has 1 aliphatic rings. The molecule has 122 valence electrons. The Labute approximate surface area is 134 Å². The van der Waals surface area contributed by atoms with E-state index in [0.29, 0.717) is 18.0 Å². The first-order chi connectivity index (χ1) is 11.0. The second kappa shape index (κ2) is 7.49. The first-order valence-corrected chi connectivity index (χ1v) is 7.45. The lowest BCUT2D eigenvalue weighted by Gasteiger charge is -2.01. The zero-order chi connectivity index (χ0) is 16.8. The SMILES string of the molecule is CCCCO/N=C(\C)C1=C(O)/C(=C/c2ccc(O)cc2)NC1=O. The molecule has 3 N–H and O–H groups in total. The number of amides is 1. The zero-order valence-electron chi connectivity index (χ0n) is 13.2. The minimum atomic E-state index is -0.423. The maximum absolute atomic E-state index is 12.0. The van der Waals surface area contributed by atoms with E-state index in [-0.39, 0.29) is 17.1 Å². The van der Waals surface area contributed by atoms with Crippen LogP contribution in [0.1, 0.15) is 32.3 Å². The highest BCUT2D eigenvalue weighted by Crippen LogP contribution is 2.22. The van der Waals surface area contributed by atoms with Crippen molar-refractivity contribution in [3.63, 3.8) is 0 Å². The summed E-state index contributed by atoms with van der Waals surface area (Å²) in [6.45, 7) is 4.12. The quantitative estimate of drug-likeness (QED) is 0.427. The Morgan fingerprint density at radius 1 is 1.30 bits per heavy atom. The summed E-state index contributed by atoms with van der Waals surface area (Å²) < 4.78 is 0. The number of phenolic OH excluding ortho intramolecular Hbond substituents is 1. The highest BCUT2D eigenvalue weighted by Gasteiger charge is 2.29. The van der Waals surface area contributed by atoms with E-state index < -0.39 is 5.91 Å². The largest absolute Gasteiger partial charge is 0.508 e. The predicted molar refractivity (Wildman–Crippen MR) is 87.9 cm³/mol. The van der Waals surface area contributed by atoms with Crippen LogP contribution in [0.5, 0.6) is 5.75 Å². The number of carbonyl (C=O) groups excluding carboxylic acids is 1. The van der Waals surface area contributed by atoms with Crippen LogP contribution in [0.15, 0.2) is 46.5 Å². The van der Waals surface area contributed by atoms with Gasteiger partial charge in [0.05, 0.1) is 11.4 Å². The molecule has 1 aliphatic heterocycles.